The third-order valence-electron chi connectivity index (χ3n) is 7.90. The minimum Gasteiger partial charge on any atom is -0.618 e. The highest BCUT2D eigenvalue weighted by Crippen LogP contribution is 2.49. The largest absolute Gasteiger partial charge is 0.618 e. The van der Waals surface area contributed by atoms with E-state index in [1.54, 1.807) is 24.3 Å². The van der Waals surface area contributed by atoms with Crippen LogP contribution in [0.1, 0.15) is 42.4 Å². The monoisotopic (exact) mass is 593 g/mol. The summed E-state index contributed by atoms with van der Waals surface area (Å²) in [5, 5.41) is 18.7. The average Bonchev–Trinajstić information content (AvgIpc) is 3.56. The van der Waals surface area contributed by atoms with Crippen molar-refractivity contribution in [1.82, 2.24) is 9.97 Å². The molecular weight excluding hydrogens is 568 g/mol. The molecule has 0 radical (unpaired) electrons. The van der Waals surface area contributed by atoms with Crippen molar-refractivity contribution in [2.45, 2.75) is 32.1 Å². The summed E-state index contributed by atoms with van der Waals surface area (Å²) in [7, 11) is 1.26. The molecule has 6 rings (SSSR count). The lowest BCUT2D eigenvalue weighted by molar-refractivity contribution is -0.614. The Morgan fingerprint density at radius 3 is 2.74 bits per heavy atom. The number of ether oxygens (including phenoxy) is 1. The highest BCUT2D eigenvalue weighted by Gasteiger charge is 2.43. The molecule has 216 valence electrons. The van der Waals surface area contributed by atoms with Crippen molar-refractivity contribution in [3.63, 3.8) is 0 Å². The fourth-order valence-corrected chi connectivity index (χ4v) is 5.83. The number of pyridine rings is 1. The Morgan fingerprint density at radius 2 is 1.98 bits per heavy atom. The summed E-state index contributed by atoms with van der Waals surface area (Å²) >= 11 is 5.87. The minimum absolute atomic E-state index is 0.0574. The van der Waals surface area contributed by atoms with Gasteiger partial charge in [0.1, 0.15) is 17.6 Å². The van der Waals surface area contributed by atoms with E-state index >= 15 is 0 Å². The summed E-state index contributed by atoms with van der Waals surface area (Å²) < 4.78 is 34.5. The van der Waals surface area contributed by atoms with E-state index in [-0.39, 0.29) is 33.9 Å². The summed E-state index contributed by atoms with van der Waals surface area (Å²) in [5.74, 6) is -1.56. The van der Waals surface area contributed by atoms with Crippen LogP contribution < -0.4 is 15.4 Å². The van der Waals surface area contributed by atoms with Gasteiger partial charge >= 0.3 is 6.09 Å². The molecule has 2 bridgehead atoms. The standard InChI is InChI=1S/C30H26ClF2N5O4/c1-14-28-19-5-4-18(35-30(40)42-2)12-23(19)36-25(39)11-17-9-16(17)10-20(29(34-14)37-28)24-8-3-15(13-38(24)41)26-22(32)7-6-21(31)27(26)33/h3-8,12-13,16-17,20H,9-11H2,1-2H3,(H,34,37)(H,35,40)(H,36,39)/t16-,17-,20-/m1/s1. The Bertz CT molecular complexity index is 1740. The van der Waals surface area contributed by atoms with Gasteiger partial charge in [-0.05, 0) is 68.0 Å². The lowest BCUT2D eigenvalue weighted by Crippen LogP contribution is -2.34. The number of halogens is 3. The van der Waals surface area contributed by atoms with E-state index in [1.165, 1.54) is 13.2 Å². The number of nitrogens with one attached hydrogen (secondary N) is 3. The molecule has 9 nitrogen and oxygen atoms in total. The van der Waals surface area contributed by atoms with Crippen molar-refractivity contribution in [2.75, 3.05) is 17.7 Å². The molecule has 1 aliphatic heterocycles. The van der Waals surface area contributed by atoms with Gasteiger partial charge in [-0.1, -0.05) is 11.6 Å². The van der Waals surface area contributed by atoms with E-state index in [1.807, 2.05) is 6.92 Å². The van der Waals surface area contributed by atoms with Crippen molar-refractivity contribution in [3.05, 3.63) is 87.7 Å². The first-order valence-corrected chi connectivity index (χ1v) is 13.7. The Kier molecular flexibility index (Phi) is 7.05. The van der Waals surface area contributed by atoms with E-state index < -0.39 is 23.6 Å². The molecule has 2 amide bonds. The second-order valence-electron chi connectivity index (χ2n) is 10.7. The summed E-state index contributed by atoms with van der Waals surface area (Å²) in [5.41, 5.74) is 2.85. The molecule has 4 aromatic rings. The number of amides is 2. The van der Waals surface area contributed by atoms with Crippen LogP contribution in [0.15, 0.2) is 48.7 Å². The number of aromatic nitrogens is 3. The number of benzene rings is 2. The van der Waals surface area contributed by atoms with Crippen molar-refractivity contribution in [3.8, 4) is 22.4 Å². The molecule has 3 heterocycles. The van der Waals surface area contributed by atoms with Gasteiger partial charge in [0.25, 0.3) is 0 Å². The van der Waals surface area contributed by atoms with Crippen LogP contribution in [0.3, 0.4) is 0 Å². The van der Waals surface area contributed by atoms with Gasteiger partial charge in [-0.15, -0.1) is 0 Å². The number of hydrogen-bond donors (Lipinski definition) is 3. The number of hydrogen-bond acceptors (Lipinski definition) is 5. The maximum absolute atomic E-state index is 14.7. The Hall–Kier alpha value is -4.51. The van der Waals surface area contributed by atoms with Gasteiger partial charge in [-0.25, -0.2) is 18.6 Å². The molecule has 12 heteroatoms. The van der Waals surface area contributed by atoms with Crippen LogP contribution in [0.5, 0.6) is 0 Å². The molecule has 2 aromatic heterocycles. The lowest BCUT2D eigenvalue weighted by atomic mass is 9.94. The normalized spacial score (nSPS) is 19.5. The van der Waals surface area contributed by atoms with Crippen LogP contribution in [0.2, 0.25) is 5.02 Å². The Labute approximate surface area is 244 Å². The molecule has 2 aromatic carbocycles. The topological polar surface area (TPSA) is 123 Å². The SMILES string of the molecule is COC(=O)Nc1ccc2c(c1)NC(=O)C[C@H]1C[C@@H]1C[C@H](c1ccc(-c3c(F)ccc(Cl)c3F)c[n+]1[O-])c1nc-2c(C)[nH]1. The number of aromatic amines is 1. The van der Waals surface area contributed by atoms with E-state index in [4.69, 9.17) is 16.6 Å². The number of methoxy groups -OCH3 is 1. The summed E-state index contributed by atoms with van der Waals surface area (Å²) in [6.45, 7) is 1.84. The maximum Gasteiger partial charge on any atom is 0.411 e. The molecule has 1 aliphatic carbocycles. The third kappa shape index (κ3) is 5.16. The van der Waals surface area contributed by atoms with E-state index in [9.17, 15) is 23.6 Å². The Morgan fingerprint density at radius 1 is 1.17 bits per heavy atom. The summed E-state index contributed by atoms with van der Waals surface area (Å²) in [6.07, 6.45) is 2.16. The quantitative estimate of drug-likeness (QED) is 0.146. The van der Waals surface area contributed by atoms with Gasteiger partial charge in [-0.2, -0.15) is 4.73 Å². The Balaban J connectivity index is 1.43. The molecule has 3 N–H and O–H groups in total. The maximum atomic E-state index is 14.7. The fraction of sp³-hybridized carbons (Fsp3) is 0.267. The van der Waals surface area contributed by atoms with Gasteiger partial charge in [0.05, 0.1) is 34.6 Å². The number of rotatable bonds is 3. The first kappa shape index (κ1) is 27.6. The van der Waals surface area contributed by atoms with Gasteiger partial charge in [0, 0.05) is 29.4 Å². The van der Waals surface area contributed by atoms with Crippen LogP contribution >= 0.6 is 11.6 Å². The van der Waals surface area contributed by atoms with Gasteiger partial charge < -0.3 is 20.2 Å². The molecule has 2 aliphatic rings. The third-order valence-corrected chi connectivity index (χ3v) is 8.19. The van der Waals surface area contributed by atoms with Crippen molar-refractivity contribution < 1.29 is 27.8 Å². The first-order chi connectivity index (χ1) is 20.1. The minimum atomic E-state index is -0.940. The number of imidazole rings is 1. The smallest absolute Gasteiger partial charge is 0.411 e. The first-order valence-electron chi connectivity index (χ1n) is 13.4. The zero-order valence-corrected chi connectivity index (χ0v) is 23.4. The number of aryl methyl sites for hydroxylation is 1. The lowest BCUT2D eigenvalue weighted by Gasteiger charge is -2.17. The number of H-pyrrole nitrogens is 1. The fourth-order valence-electron chi connectivity index (χ4n) is 5.68. The van der Waals surface area contributed by atoms with Gasteiger partial charge in [0.15, 0.2) is 12.0 Å². The molecule has 0 saturated heterocycles. The van der Waals surface area contributed by atoms with Crippen LogP contribution in [-0.4, -0.2) is 29.1 Å². The van der Waals surface area contributed by atoms with Crippen LogP contribution in [0.25, 0.3) is 22.4 Å². The van der Waals surface area contributed by atoms with E-state index in [0.717, 1.165) is 24.8 Å². The zero-order chi connectivity index (χ0) is 29.7. The molecule has 42 heavy (non-hydrogen) atoms. The molecule has 0 spiro atoms. The number of carbonyl (C=O) groups excluding carboxylic acids is 2. The second-order valence-corrected chi connectivity index (χ2v) is 11.1. The molecule has 1 saturated carbocycles. The van der Waals surface area contributed by atoms with Crippen molar-refractivity contribution in [1.29, 1.82) is 0 Å². The number of fused-ring (bicyclic) bond motifs is 5. The highest BCUT2D eigenvalue weighted by molar-refractivity contribution is 6.31. The van der Waals surface area contributed by atoms with Crippen molar-refractivity contribution in [2.24, 2.45) is 11.8 Å². The predicted molar refractivity (Wildman–Crippen MR) is 152 cm³/mol. The van der Waals surface area contributed by atoms with E-state index in [0.29, 0.717) is 57.4 Å². The molecule has 1 fully saturated rings. The average molecular weight is 594 g/mol. The highest BCUT2D eigenvalue weighted by atomic mass is 35.5. The van der Waals surface area contributed by atoms with Crippen molar-refractivity contribution >= 4 is 35.0 Å². The predicted octanol–water partition coefficient (Wildman–Crippen LogP) is 6.30. The van der Waals surface area contributed by atoms with Gasteiger partial charge in [0.2, 0.25) is 11.6 Å². The molecule has 0 unspecified atom stereocenters. The van der Waals surface area contributed by atoms with Crippen LogP contribution in [0.4, 0.5) is 25.0 Å². The zero-order valence-electron chi connectivity index (χ0n) is 22.6. The summed E-state index contributed by atoms with van der Waals surface area (Å²) in [6, 6.07) is 10.3. The van der Waals surface area contributed by atoms with Crippen LogP contribution in [-0.2, 0) is 9.53 Å². The van der Waals surface area contributed by atoms with E-state index in [2.05, 4.69) is 20.4 Å². The number of anilines is 2. The molecular formula is C30H26ClF2N5O4. The number of nitrogens with zero attached hydrogens (tertiary/aromatic N) is 2. The van der Waals surface area contributed by atoms with Crippen LogP contribution in [0, 0.1) is 35.6 Å². The number of carbonyl (C=O) groups is 2. The second kappa shape index (κ2) is 10.7. The summed E-state index contributed by atoms with van der Waals surface area (Å²) in [4.78, 5) is 33.0. The molecule has 3 atom stereocenters. The van der Waals surface area contributed by atoms with Gasteiger partial charge in [-0.3, -0.25) is 10.1 Å².